The molecular weight excluding hydrogens is 250 g/mol. The number of benzene rings is 1. The first-order valence-corrected chi connectivity index (χ1v) is 7.52. The lowest BCUT2D eigenvalue weighted by molar-refractivity contribution is -0.0317. The molecule has 0 aliphatic heterocycles. The van der Waals surface area contributed by atoms with Crippen LogP contribution in [0.4, 0.5) is 0 Å². The highest BCUT2D eigenvalue weighted by molar-refractivity contribution is 5.27. The van der Waals surface area contributed by atoms with Gasteiger partial charge in [0.2, 0.25) is 0 Å². The summed E-state index contributed by atoms with van der Waals surface area (Å²) in [4.78, 5) is 0. The van der Waals surface area contributed by atoms with Gasteiger partial charge in [-0.3, -0.25) is 0 Å². The molecule has 0 aliphatic rings. The van der Waals surface area contributed by atoms with Crippen molar-refractivity contribution in [2.45, 2.75) is 59.2 Å². The number of hydrogen-bond donors (Lipinski definition) is 1. The average molecular weight is 279 g/mol. The first-order valence-electron chi connectivity index (χ1n) is 7.52. The minimum absolute atomic E-state index is 0.0598. The second kappa shape index (κ2) is 8.28. The Morgan fingerprint density at radius 1 is 1.10 bits per heavy atom. The van der Waals surface area contributed by atoms with E-state index in [2.05, 4.69) is 52.1 Å². The minimum atomic E-state index is -0.0598. The van der Waals surface area contributed by atoms with E-state index >= 15 is 0 Å². The first kappa shape index (κ1) is 17.0. The fourth-order valence-corrected chi connectivity index (χ4v) is 1.61. The summed E-state index contributed by atoms with van der Waals surface area (Å²) in [6.07, 6.45) is 1.00. The van der Waals surface area contributed by atoms with Gasteiger partial charge >= 0.3 is 0 Å². The van der Waals surface area contributed by atoms with Gasteiger partial charge in [0.1, 0.15) is 12.4 Å². The van der Waals surface area contributed by atoms with Crippen molar-refractivity contribution in [1.82, 2.24) is 5.32 Å². The van der Waals surface area contributed by atoms with Crippen molar-refractivity contribution < 1.29 is 9.47 Å². The number of ether oxygens (including phenoxy) is 2. The van der Waals surface area contributed by atoms with Crippen LogP contribution in [-0.4, -0.2) is 24.9 Å². The van der Waals surface area contributed by atoms with Crippen LogP contribution in [0.3, 0.4) is 0 Å². The van der Waals surface area contributed by atoms with Gasteiger partial charge in [-0.05, 0) is 38.0 Å². The van der Waals surface area contributed by atoms with Crippen molar-refractivity contribution in [3.63, 3.8) is 0 Å². The molecule has 0 bridgehead atoms. The van der Waals surface area contributed by atoms with Gasteiger partial charge in [-0.1, -0.05) is 32.9 Å². The van der Waals surface area contributed by atoms with Gasteiger partial charge in [0, 0.05) is 12.6 Å². The Bertz CT molecular complexity index is 371. The van der Waals surface area contributed by atoms with Crippen molar-refractivity contribution in [3.05, 3.63) is 29.8 Å². The highest BCUT2D eigenvalue weighted by Gasteiger charge is 2.14. The van der Waals surface area contributed by atoms with Crippen molar-refractivity contribution >= 4 is 0 Å². The second-order valence-electron chi connectivity index (χ2n) is 5.99. The summed E-state index contributed by atoms with van der Waals surface area (Å²) < 4.78 is 11.4. The summed E-state index contributed by atoms with van der Waals surface area (Å²) in [5.74, 6) is 0.899. The third-order valence-corrected chi connectivity index (χ3v) is 3.33. The van der Waals surface area contributed by atoms with Gasteiger partial charge in [-0.2, -0.15) is 0 Å². The molecule has 0 atom stereocenters. The molecule has 0 aliphatic carbocycles. The van der Waals surface area contributed by atoms with Crippen LogP contribution in [0.25, 0.3) is 0 Å². The van der Waals surface area contributed by atoms with E-state index in [0.717, 1.165) is 18.7 Å². The summed E-state index contributed by atoms with van der Waals surface area (Å²) >= 11 is 0. The summed E-state index contributed by atoms with van der Waals surface area (Å²) in [5, 5.41) is 3.40. The SMILES string of the molecule is CCC(C)(C)OCCOc1ccc(CNC(C)C)cc1. The molecular formula is C17H29NO2. The van der Waals surface area contributed by atoms with E-state index in [0.29, 0.717) is 19.3 Å². The van der Waals surface area contributed by atoms with Crippen LogP contribution in [0.15, 0.2) is 24.3 Å². The number of hydrogen-bond acceptors (Lipinski definition) is 3. The largest absolute Gasteiger partial charge is 0.491 e. The topological polar surface area (TPSA) is 30.5 Å². The van der Waals surface area contributed by atoms with E-state index in [9.17, 15) is 0 Å². The number of rotatable bonds is 9. The molecule has 0 saturated carbocycles. The summed E-state index contributed by atoms with van der Waals surface area (Å²) in [6.45, 7) is 12.7. The van der Waals surface area contributed by atoms with E-state index in [1.165, 1.54) is 5.56 Å². The molecule has 3 nitrogen and oxygen atoms in total. The van der Waals surface area contributed by atoms with Crippen molar-refractivity contribution in [1.29, 1.82) is 0 Å². The Morgan fingerprint density at radius 2 is 1.75 bits per heavy atom. The predicted molar refractivity (Wildman–Crippen MR) is 84.2 cm³/mol. The molecule has 0 saturated heterocycles. The maximum Gasteiger partial charge on any atom is 0.119 e. The van der Waals surface area contributed by atoms with Crippen LogP contribution < -0.4 is 10.1 Å². The van der Waals surface area contributed by atoms with Crippen LogP contribution in [0, 0.1) is 0 Å². The van der Waals surface area contributed by atoms with E-state index in [1.54, 1.807) is 0 Å². The molecule has 0 aromatic heterocycles. The second-order valence-corrected chi connectivity index (χ2v) is 5.99. The lowest BCUT2D eigenvalue weighted by atomic mass is 10.1. The summed E-state index contributed by atoms with van der Waals surface area (Å²) in [7, 11) is 0. The van der Waals surface area contributed by atoms with Crippen molar-refractivity contribution in [2.75, 3.05) is 13.2 Å². The molecule has 1 N–H and O–H groups in total. The lowest BCUT2D eigenvalue weighted by Gasteiger charge is -2.23. The van der Waals surface area contributed by atoms with E-state index in [1.807, 2.05) is 12.1 Å². The summed E-state index contributed by atoms with van der Waals surface area (Å²) in [6, 6.07) is 8.73. The molecule has 114 valence electrons. The Hall–Kier alpha value is -1.06. The fraction of sp³-hybridized carbons (Fsp3) is 0.647. The highest BCUT2D eigenvalue weighted by atomic mass is 16.5. The maximum atomic E-state index is 5.75. The molecule has 0 fully saturated rings. The smallest absolute Gasteiger partial charge is 0.119 e. The Morgan fingerprint density at radius 3 is 2.30 bits per heavy atom. The average Bonchev–Trinajstić information content (AvgIpc) is 2.42. The van der Waals surface area contributed by atoms with Crippen molar-refractivity contribution in [3.8, 4) is 5.75 Å². The zero-order chi connectivity index (χ0) is 15.0. The monoisotopic (exact) mass is 279 g/mol. The molecule has 0 unspecified atom stereocenters. The van der Waals surface area contributed by atoms with Crippen LogP contribution in [0.5, 0.6) is 5.75 Å². The van der Waals surface area contributed by atoms with Gasteiger partial charge in [0.05, 0.1) is 12.2 Å². The number of nitrogens with one attached hydrogen (secondary N) is 1. The Labute approximate surface area is 123 Å². The van der Waals surface area contributed by atoms with E-state index in [-0.39, 0.29) is 5.60 Å². The van der Waals surface area contributed by atoms with E-state index in [4.69, 9.17) is 9.47 Å². The minimum Gasteiger partial charge on any atom is -0.491 e. The van der Waals surface area contributed by atoms with Crippen LogP contribution in [-0.2, 0) is 11.3 Å². The molecule has 3 heteroatoms. The molecule has 0 heterocycles. The zero-order valence-corrected chi connectivity index (χ0v) is 13.5. The summed E-state index contributed by atoms with van der Waals surface area (Å²) in [5.41, 5.74) is 1.21. The molecule has 0 radical (unpaired) electrons. The quantitative estimate of drug-likeness (QED) is 0.698. The highest BCUT2D eigenvalue weighted by Crippen LogP contribution is 2.15. The lowest BCUT2D eigenvalue weighted by Crippen LogP contribution is -2.25. The zero-order valence-electron chi connectivity index (χ0n) is 13.5. The third-order valence-electron chi connectivity index (χ3n) is 3.33. The standard InChI is InChI=1S/C17H29NO2/c1-6-17(4,5)20-12-11-19-16-9-7-15(8-10-16)13-18-14(2)3/h7-10,14,18H,6,11-13H2,1-5H3. The molecule has 1 aromatic carbocycles. The van der Waals surface area contributed by atoms with Crippen molar-refractivity contribution in [2.24, 2.45) is 0 Å². The molecule has 20 heavy (non-hydrogen) atoms. The van der Waals surface area contributed by atoms with Crippen LogP contribution in [0.2, 0.25) is 0 Å². The van der Waals surface area contributed by atoms with Gasteiger partial charge in [-0.15, -0.1) is 0 Å². The first-order chi connectivity index (χ1) is 9.43. The van der Waals surface area contributed by atoms with Crippen LogP contribution >= 0.6 is 0 Å². The molecule has 0 spiro atoms. The van der Waals surface area contributed by atoms with Crippen LogP contribution in [0.1, 0.15) is 46.6 Å². The molecule has 1 aromatic rings. The van der Waals surface area contributed by atoms with Gasteiger partial charge in [0.25, 0.3) is 0 Å². The maximum absolute atomic E-state index is 5.75. The molecule has 0 amide bonds. The van der Waals surface area contributed by atoms with Gasteiger partial charge in [0.15, 0.2) is 0 Å². The van der Waals surface area contributed by atoms with Gasteiger partial charge in [-0.25, -0.2) is 0 Å². The normalized spacial score (nSPS) is 11.9. The fourth-order valence-electron chi connectivity index (χ4n) is 1.61. The van der Waals surface area contributed by atoms with E-state index < -0.39 is 0 Å². The third kappa shape index (κ3) is 6.92. The molecule has 1 rings (SSSR count). The Balaban J connectivity index is 2.28. The Kier molecular flexibility index (Phi) is 7.03. The predicted octanol–water partition coefficient (Wildman–Crippen LogP) is 3.77. The van der Waals surface area contributed by atoms with Gasteiger partial charge < -0.3 is 14.8 Å².